The zero-order valence-electron chi connectivity index (χ0n) is 19.2. The van der Waals surface area contributed by atoms with Crippen molar-refractivity contribution in [3.05, 3.63) is 41.1 Å². The number of halogens is 6. The predicted molar refractivity (Wildman–Crippen MR) is 122 cm³/mol. The minimum Gasteiger partial charge on any atom is -0.387 e. The first-order valence-corrected chi connectivity index (χ1v) is 11.1. The molecule has 2 aliphatic rings. The van der Waals surface area contributed by atoms with Crippen molar-refractivity contribution in [2.75, 3.05) is 23.8 Å². The van der Waals surface area contributed by atoms with Gasteiger partial charge in [0.15, 0.2) is 10.8 Å². The SMILES string of the molecule is C1CC1.CC.CNc1cnnc(C(F)F)c1.O=CN1CC(C(F)(F)F)c2c1cnc1cc(Cl)nn21. The quantitative estimate of drug-likeness (QED) is 0.353. The lowest BCUT2D eigenvalue weighted by atomic mass is 10.1. The molecule has 192 valence electrons. The minimum atomic E-state index is -4.47. The smallest absolute Gasteiger partial charge is 0.387 e. The summed E-state index contributed by atoms with van der Waals surface area (Å²) in [4.78, 5) is 15.8. The average molecular weight is 522 g/mol. The molecule has 1 unspecified atom stereocenters. The van der Waals surface area contributed by atoms with Gasteiger partial charge in [-0.2, -0.15) is 23.4 Å². The van der Waals surface area contributed by atoms with Crippen LogP contribution in [0.25, 0.3) is 5.65 Å². The molecule has 35 heavy (non-hydrogen) atoms. The molecule has 1 aliphatic heterocycles. The molecule has 3 aromatic rings. The highest BCUT2D eigenvalue weighted by atomic mass is 35.5. The van der Waals surface area contributed by atoms with E-state index in [1.54, 1.807) is 7.05 Å². The van der Waals surface area contributed by atoms with E-state index < -0.39 is 25.1 Å². The Kier molecular flexibility index (Phi) is 10.1. The number of nitrogens with one attached hydrogen (secondary N) is 1. The van der Waals surface area contributed by atoms with Gasteiger partial charge in [-0.1, -0.05) is 44.7 Å². The first-order chi connectivity index (χ1) is 16.7. The van der Waals surface area contributed by atoms with Crippen LogP contribution >= 0.6 is 11.6 Å². The molecule has 0 spiro atoms. The topological polar surface area (TPSA) is 88.3 Å². The van der Waals surface area contributed by atoms with E-state index in [2.05, 4.69) is 25.6 Å². The number of rotatable bonds is 3. The fourth-order valence-corrected chi connectivity index (χ4v) is 3.00. The van der Waals surface area contributed by atoms with Crippen molar-refractivity contribution in [1.29, 1.82) is 0 Å². The Labute approximate surface area is 203 Å². The third-order valence-electron chi connectivity index (χ3n) is 4.55. The number of hydrogen-bond donors (Lipinski definition) is 1. The number of anilines is 2. The molecule has 0 radical (unpaired) electrons. The summed E-state index contributed by atoms with van der Waals surface area (Å²) in [5, 5.41) is 13.2. The van der Waals surface area contributed by atoms with Gasteiger partial charge in [0.1, 0.15) is 11.6 Å². The number of carbonyl (C=O) groups excluding carboxylic acids is 1. The van der Waals surface area contributed by atoms with Crippen molar-refractivity contribution in [3.63, 3.8) is 0 Å². The molecule has 1 fully saturated rings. The Morgan fingerprint density at radius 3 is 2.34 bits per heavy atom. The Bertz CT molecular complexity index is 1100. The fraction of sp³-hybridized carbons (Fsp3) is 0.476. The van der Waals surface area contributed by atoms with Gasteiger partial charge < -0.3 is 10.2 Å². The van der Waals surface area contributed by atoms with Crippen molar-refractivity contribution in [1.82, 2.24) is 24.8 Å². The van der Waals surface area contributed by atoms with E-state index in [-0.39, 0.29) is 27.9 Å². The van der Waals surface area contributed by atoms with Crippen LogP contribution in [0.5, 0.6) is 0 Å². The summed E-state index contributed by atoms with van der Waals surface area (Å²) in [5.41, 5.74) is 0.430. The van der Waals surface area contributed by atoms with Gasteiger partial charge in [-0.3, -0.25) is 4.79 Å². The molecule has 1 aliphatic carbocycles. The normalized spacial score (nSPS) is 15.7. The standard InChI is InChI=1S/C10H6ClF3N4O.C6H7F2N3.C3H6.C2H6/c11-7-1-8-15-2-6-9(18(8)16-7)5(10(12,13)14)3-17(6)4-19;1-9-4-2-5(6(7)8)11-10-3-4;1-2-3-1;1-2/h1-2,4-5H,3H2;2-3,6H,1H3,(H,9,11);1-3H2;1-2H3. The van der Waals surface area contributed by atoms with Gasteiger partial charge in [0.05, 0.1) is 29.5 Å². The highest BCUT2D eigenvalue weighted by Crippen LogP contribution is 2.44. The van der Waals surface area contributed by atoms with Crippen LogP contribution < -0.4 is 10.2 Å². The number of fused-ring (bicyclic) bond motifs is 3. The maximum atomic E-state index is 13.0. The van der Waals surface area contributed by atoms with Crippen molar-refractivity contribution in [3.8, 4) is 0 Å². The molecular weight excluding hydrogens is 497 g/mol. The lowest BCUT2D eigenvalue weighted by Gasteiger charge is -2.15. The zero-order chi connectivity index (χ0) is 26.2. The summed E-state index contributed by atoms with van der Waals surface area (Å²) < 4.78 is 64.1. The summed E-state index contributed by atoms with van der Waals surface area (Å²) >= 11 is 5.68. The molecule has 0 aromatic carbocycles. The number of alkyl halides is 5. The van der Waals surface area contributed by atoms with Crippen LogP contribution in [-0.2, 0) is 4.79 Å². The van der Waals surface area contributed by atoms with Crippen LogP contribution in [0.3, 0.4) is 0 Å². The molecule has 4 heterocycles. The average Bonchev–Trinajstić information content (AvgIpc) is 3.60. The van der Waals surface area contributed by atoms with Crippen LogP contribution in [-0.4, -0.2) is 51.0 Å². The molecule has 5 rings (SSSR count). The number of carbonyl (C=O) groups is 1. The number of nitrogens with zero attached hydrogens (tertiary/aromatic N) is 6. The molecule has 8 nitrogen and oxygen atoms in total. The summed E-state index contributed by atoms with van der Waals surface area (Å²) in [7, 11) is 1.63. The molecule has 1 atom stereocenters. The van der Waals surface area contributed by atoms with Crippen molar-refractivity contribution >= 4 is 35.0 Å². The molecule has 1 saturated carbocycles. The Morgan fingerprint density at radius 1 is 1.17 bits per heavy atom. The van der Waals surface area contributed by atoms with Crippen LogP contribution in [0.1, 0.15) is 56.8 Å². The number of amides is 1. The van der Waals surface area contributed by atoms with Gasteiger partial charge in [-0.25, -0.2) is 18.3 Å². The van der Waals surface area contributed by atoms with E-state index in [1.807, 2.05) is 13.8 Å². The summed E-state index contributed by atoms with van der Waals surface area (Å²) in [6, 6.07) is 2.62. The molecule has 0 saturated heterocycles. The first-order valence-electron chi connectivity index (χ1n) is 10.8. The Hall–Kier alpha value is -3.09. The Balaban J connectivity index is 0.000000227. The van der Waals surface area contributed by atoms with Crippen LogP contribution in [0.2, 0.25) is 5.15 Å². The summed E-state index contributed by atoms with van der Waals surface area (Å²) in [5.74, 6) is -1.80. The van der Waals surface area contributed by atoms with Gasteiger partial charge in [0.2, 0.25) is 6.41 Å². The third kappa shape index (κ3) is 7.44. The van der Waals surface area contributed by atoms with Gasteiger partial charge in [0, 0.05) is 19.7 Å². The molecule has 1 N–H and O–H groups in total. The summed E-state index contributed by atoms with van der Waals surface area (Å²) in [6.07, 6.45) is 0.424. The second-order valence-electron chi connectivity index (χ2n) is 7.10. The predicted octanol–water partition coefficient (Wildman–Crippen LogP) is 5.66. The highest BCUT2D eigenvalue weighted by molar-refractivity contribution is 6.29. The molecule has 3 aromatic heterocycles. The summed E-state index contributed by atoms with van der Waals surface area (Å²) in [6.45, 7) is 3.53. The van der Waals surface area contributed by atoms with E-state index in [0.717, 1.165) is 9.42 Å². The van der Waals surface area contributed by atoms with Crippen molar-refractivity contribution in [2.45, 2.75) is 51.6 Å². The van der Waals surface area contributed by atoms with Crippen molar-refractivity contribution in [2.24, 2.45) is 0 Å². The van der Waals surface area contributed by atoms with Crippen molar-refractivity contribution < 1.29 is 26.7 Å². The van der Waals surface area contributed by atoms with E-state index in [9.17, 15) is 26.7 Å². The van der Waals surface area contributed by atoms with E-state index >= 15 is 0 Å². The van der Waals surface area contributed by atoms with E-state index in [4.69, 9.17) is 11.6 Å². The van der Waals surface area contributed by atoms with Gasteiger partial charge in [-0.15, -0.1) is 5.10 Å². The van der Waals surface area contributed by atoms with Gasteiger partial charge in [-0.05, 0) is 6.07 Å². The molecule has 14 heteroatoms. The zero-order valence-corrected chi connectivity index (χ0v) is 20.0. The van der Waals surface area contributed by atoms with E-state index in [1.165, 1.54) is 43.8 Å². The maximum Gasteiger partial charge on any atom is 0.399 e. The highest BCUT2D eigenvalue weighted by Gasteiger charge is 2.49. The van der Waals surface area contributed by atoms with Crippen LogP contribution in [0, 0.1) is 0 Å². The molecule has 1 amide bonds. The second-order valence-corrected chi connectivity index (χ2v) is 7.49. The van der Waals surface area contributed by atoms with Crippen LogP contribution in [0.4, 0.5) is 33.3 Å². The van der Waals surface area contributed by atoms with Crippen LogP contribution in [0.15, 0.2) is 24.5 Å². The lowest BCUT2D eigenvalue weighted by Crippen LogP contribution is -2.27. The molecule has 0 bridgehead atoms. The minimum absolute atomic E-state index is 0.0476. The first kappa shape index (κ1) is 28.1. The van der Waals surface area contributed by atoms with Gasteiger partial charge >= 0.3 is 6.18 Å². The second kappa shape index (κ2) is 12.6. The third-order valence-corrected chi connectivity index (χ3v) is 4.74. The lowest BCUT2D eigenvalue weighted by molar-refractivity contribution is -0.147. The fourth-order valence-electron chi connectivity index (χ4n) is 2.83. The monoisotopic (exact) mass is 521 g/mol. The molecular formula is C21H25ClF5N7O. The van der Waals surface area contributed by atoms with Gasteiger partial charge in [0.25, 0.3) is 6.43 Å². The Morgan fingerprint density at radius 2 is 1.83 bits per heavy atom. The maximum absolute atomic E-state index is 13.0. The van der Waals surface area contributed by atoms with E-state index in [0.29, 0.717) is 12.1 Å². The number of hydrogen-bond acceptors (Lipinski definition) is 6. The number of aromatic nitrogens is 5. The largest absolute Gasteiger partial charge is 0.399 e.